The molecule has 0 bridgehead atoms. The molecule has 5 aliphatic heterocycles. The highest BCUT2D eigenvalue weighted by Crippen LogP contribution is 2.37. The normalized spacial score (nSPS) is 13.2. The summed E-state index contributed by atoms with van der Waals surface area (Å²) >= 11 is 22.4. The van der Waals surface area contributed by atoms with Crippen LogP contribution in [-0.4, -0.2) is 65.9 Å². The van der Waals surface area contributed by atoms with Crippen molar-refractivity contribution in [2.24, 2.45) is 0 Å². The minimum absolute atomic E-state index is 0.000000000000000444. The van der Waals surface area contributed by atoms with Crippen LogP contribution in [0.1, 0.15) is 104 Å². The number of esters is 10. The molecule has 444 valence electrons. The molecule has 0 unspecified atom stereocenters. The zero-order valence-corrected chi connectivity index (χ0v) is 52.2. The number of ether oxygens (including phenoxy) is 5. The Morgan fingerprint density at radius 3 is 0.888 bits per heavy atom. The fourth-order valence-corrected chi connectivity index (χ4v) is 12.2. The lowest BCUT2D eigenvalue weighted by atomic mass is 10.1. The first-order valence-electron chi connectivity index (χ1n) is 25.6. The summed E-state index contributed by atoms with van der Waals surface area (Å²) in [7, 11) is 0. The monoisotopic (exact) mass is 1330 g/mol. The van der Waals surface area contributed by atoms with Gasteiger partial charge < -0.3 is 23.7 Å². The zero-order chi connectivity index (χ0) is 63.5. The Labute approximate surface area is 544 Å². The summed E-state index contributed by atoms with van der Waals surface area (Å²) in [6.07, 6.45) is 1.91. The van der Waals surface area contributed by atoms with Gasteiger partial charge in [0.25, 0.3) is 0 Å². The number of carbonyl (C=O) groups excluding carboxylic acids is 10. The largest absolute Gasteiger partial charge is 0.386 e. The molecular formula is C65H39FO15S8. The second-order valence-electron chi connectivity index (χ2n) is 18.2. The summed E-state index contributed by atoms with van der Waals surface area (Å²) in [5.41, 5.74) is 2.66. The van der Waals surface area contributed by atoms with Gasteiger partial charge in [-0.05, 0) is 170 Å². The molecule has 24 heteroatoms. The number of rotatable bonds is 7. The van der Waals surface area contributed by atoms with Crippen LogP contribution in [-0.2, 0) is 23.7 Å². The fraction of sp³-hybridized carbons (Fsp3) is 0.0154. The molecule has 0 saturated heterocycles. The van der Waals surface area contributed by atoms with E-state index in [1.807, 2.05) is 115 Å². The van der Waals surface area contributed by atoms with Crippen molar-refractivity contribution in [3.63, 3.8) is 0 Å². The van der Waals surface area contributed by atoms with Gasteiger partial charge in [0, 0.05) is 53.9 Å². The van der Waals surface area contributed by atoms with Crippen LogP contribution in [0.3, 0.4) is 0 Å². The molecule has 0 amide bonds. The maximum Gasteiger partial charge on any atom is 0.347 e. The lowest BCUT2D eigenvalue weighted by Gasteiger charge is -2.06. The van der Waals surface area contributed by atoms with E-state index in [1.54, 1.807) is 66.7 Å². The Hall–Kier alpha value is -8.59. The number of thioether (sulfide) groups is 1. The molecule has 15 nitrogen and oxygen atoms in total. The Balaban J connectivity index is 0.000000137. The first kappa shape index (κ1) is 64.9. The number of thiol groups is 4. The molecule has 0 aromatic heterocycles. The number of halogens is 1. The third-order valence-electron chi connectivity index (χ3n) is 12.2. The first-order chi connectivity index (χ1) is 42.7. The molecule has 9 aromatic carbocycles. The van der Waals surface area contributed by atoms with Gasteiger partial charge in [-0.3, -0.25) is 0 Å². The number of hydrogen-bond donors (Lipinski definition) is 4. The third kappa shape index (κ3) is 16.8. The minimum atomic E-state index is -0.783. The number of carbonyl (C=O) groups is 10. The number of hydrogen-bond acceptors (Lipinski definition) is 23. The Kier molecular flexibility index (Phi) is 21.6. The maximum atomic E-state index is 12.5. The summed E-state index contributed by atoms with van der Waals surface area (Å²) in [5.74, 6) is -6.77. The third-order valence-corrected chi connectivity index (χ3v) is 17.1. The summed E-state index contributed by atoms with van der Waals surface area (Å²) in [5, 5.41) is 0. The van der Waals surface area contributed by atoms with Crippen LogP contribution in [0.5, 0.6) is 0 Å². The molecule has 0 radical (unpaired) electrons. The number of benzene rings is 9. The molecule has 0 N–H and O–H groups in total. The van der Waals surface area contributed by atoms with Crippen LogP contribution in [0, 0.1) is 5.82 Å². The highest BCUT2D eigenvalue weighted by Gasteiger charge is 2.33. The Morgan fingerprint density at radius 1 is 0.258 bits per heavy atom. The summed E-state index contributed by atoms with van der Waals surface area (Å²) < 4.78 is 35.0. The maximum absolute atomic E-state index is 12.5. The summed E-state index contributed by atoms with van der Waals surface area (Å²) in [4.78, 5) is 123. The van der Waals surface area contributed by atoms with Crippen LogP contribution < -0.4 is 0 Å². The van der Waals surface area contributed by atoms with Crippen LogP contribution in [0.4, 0.5) is 4.39 Å². The van der Waals surface area contributed by atoms with Crippen molar-refractivity contribution < 1.29 is 76.0 Å². The molecule has 89 heavy (non-hydrogen) atoms. The van der Waals surface area contributed by atoms with Gasteiger partial charge in [-0.2, -0.15) is 0 Å². The smallest absolute Gasteiger partial charge is 0.347 e. The molecule has 0 saturated carbocycles. The van der Waals surface area contributed by atoms with Crippen LogP contribution in [0.25, 0.3) is 0 Å². The standard InChI is InChI=1S/C22H10O6S2.C14H8O3S.C9H6O3S.C8H3FO3.2C6H6S2/c23-19-15-6-4-13(9-17(15)21(25)27-19)29-11-2-1-3-12(8-11)30-14-5-7-16-18(10-14)22(26)28-20(16)24;15-13-11-7-6-10(8-12(11)14(16)17-13)18-9-4-2-1-3-5-9;1-13-5-2-3-6-7(4-5)9(11)12-8(6)10;9-4-1-2-5-6(3-4)8(11)12-7(5)10;7-5-1-2-6(8)4-3-5;7-5-2-1-3-6(8)4-5/h1-10H;1-8H;2-4H,1H3;1-3H;2*1-4,7-8H. The predicted molar refractivity (Wildman–Crippen MR) is 340 cm³/mol. The van der Waals surface area contributed by atoms with Crippen molar-refractivity contribution in [1.29, 1.82) is 0 Å². The van der Waals surface area contributed by atoms with Gasteiger partial charge in [0.1, 0.15) is 5.82 Å². The number of cyclic esters (lactones) is 10. The van der Waals surface area contributed by atoms with Crippen LogP contribution in [0.15, 0.2) is 248 Å². The summed E-state index contributed by atoms with van der Waals surface area (Å²) in [6.45, 7) is 0. The lowest BCUT2D eigenvalue weighted by molar-refractivity contribution is 0.0425. The van der Waals surface area contributed by atoms with E-state index in [2.05, 4.69) is 74.2 Å². The van der Waals surface area contributed by atoms with E-state index in [9.17, 15) is 52.3 Å². The van der Waals surface area contributed by atoms with E-state index >= 15 is 0 Å². The molecule has 5 heterocycles. The van der Waals surface area contributed by atoms with Crippen LogP contribution in [0.2, 0.25) is 0 Å². The predicted octanol–water partition coefficient (Wildman–Crippen LogP) is 15.1. The van der Waals surface area contributed by atoms with Crippen molar-refractivity contribution in [1.82, 2.24) is 0 Å². The lowest BCUT2D eigenvalue weighted by Crippen LogP contribution is -1.96. The zero-order valence-electron chi connectivity index (χ0n) is 45.4. The Morgan fingerprint density at radius 2 is 0.539 bits per heavy atom. The molecule has 5 aliphatic rings. The summed E-state index contributed by atoms with van der Waals surface area (Å²) in [6, 6.07) is 56.4. The van der Waals surface area contributed by atoms with Gasteiger partial charge in [0.05, 0.1) is 55.6 Å². The van der Waals surface area contributed by atoms with Crippen LogP contribution >= 0.6 is 97.6 Å². The van der Waals surface area contributed by atoms with E-state index in [-0.39, 0.29) is 33.4 Å². The molecule has 0 aliphatic carbocycles. The van der Waals surface area contributed by atoms with Gasteiger partial charge >= 0.3 is 59.7 Å². The molecular weight excluding hydrogens is 1300 g/mol. The fourth-order valence-electron chi connectivity index (χ4n) is 8.08. The van der Waals surface area contributed by atoms with Crippen molar-refractivity contribution in [2.75, 3.05) is 6.26 Å². The van der Waals surface area contributed by atoms with Crippen molar-refractivity contribution in [2.45, 2.75) is 53.9 Å². The highest BCUT2D eigenvalue weighted by molar-refractivity contribution is 8.00. The second kappa shape index (κ2) is 29.6. The van der Waals surface area contributed by atoms with Gasteiger partial charge in [-0.15, -0.1) is 62.3 Å². The van der Waals surface area contributed by atoms with Gasteiger partial charge in [0.15, 0.2) is 0 Å². The first-order valence-corrected chi connectivity index (χ1v) is 31.0. The molecule has 0 spiro atoms. The van der Waals surface area contributed by atoms with E-state index in [0.29, 0.717) is 22.3 Å². The van der Waals surface area contributed by atoms with Crippen molar-refractivity contribution in [3.05, 3.63) is 256 Å². The second-order valence-corrected chi connectivity index (χ2v) is 24.6. The average Bonchev–Trinajstić information content (AvgIpc) is 3.46. The SMILES string of the molecule is CSc1ccc2c(c1)C(=O)OC2=O.O=C1OC(=O)c2cc(F)ccc21.O=C1OC(=O)c2cc(Sc3cccc(Sc4ccc5c(c4)C(=O)OC5=O)c3)ccc21.O=C1OC(=O)c2cc(Sc3ccccc3)ccc21.Sc1ccc(S)cc1.Sc1cccc(S)c1. The van der Waals surface area contributed by atoms with Crippen molar-refractivity contribution >= 4 is 157 Å². The highest BCUT2D eigenvalue weighted by atomic mass is 32.2. The van der Waals surface area contributed by atoms with Gasteiger partial charge in [0.2, 0.25) is 0 Å². The molecule has 14 rings (SSSR count). The van der Waals surface area contributed by atoms with E-state index in [0.717, 1.165) is 66.0 Å². The average molecular weight is 1340 g/mol. The topological polar surface area (TPSA) is 217 Å². The molecule has 0 fully saturated rings. The quantitative estimate of drug-likeness (QED) is 0.0383. The van der Waals surface area contributed by atoms with E-state index < -0.39 is 65.5 Å². The van der Waals surface area contributed by atoms with Gasteiger partial charge in [-0.1, -0.05) is 65.6 Å². The van der Waals surface area contributed by atoms with E-state index in [4.69, 9.17) is 0 Å². The van der Waals surface area contributed by atoms with Gasteiger partial charge in [-0.25, -0.2) is 52.3 Å². The molecule has 0 atom stereocenters. The molecule has 9 aromatic rings. The van der Waals surface area contributed by atoms with Crippen molar-refractivity contribution in [3.8, 4) is 0 Å². The van der Waals surface area contributed by atoms with E-state index in [1.165, 1.54) is 53.1 Å². The number of fused-ring (bicyclic) bond motifs is 5. The minimum Gasteiger partial charge on any atom is -0.386 e. The Bertz CT molecular complexity index is 4240.